The van der Waals surface area contributed by atoms with Gasteiger partial charge in [-0.1, -0.05) is 66.8 Å². The number of rotatable bonds is 9. The van der Waals surface area contributed by atoms with Crippen molar-refractivity contribution >= 4 is 5.78 Å². The Bertz CT molecular complexity index is 1120. The minimum Gasteiger partial charge on any atom is -0.377 e. The first-order valence-electron chi connectivity index (χ1n) is 12.2. The van der Waals surface area contributed by atoms with E-state index in [4.69, 9.17) is 4.74 Å². The Labute approximate surface area is 201 Å². The monoisotopic (exact) mass is 456 g/mol. The summed E-state index contributed by atoms with van der Waals surface area (Å²) in [6.07, 6.45) is 26.1. The Morgan fingerprint density at radius 1 is 1.03 bits per heavy atom. The number of ketones is 1. The molecule has 1 saturated carbocycles. The fourth-order valence-corrected chi connectivity index (χ4v) is 5.35. The summed E-state index contributed by atoms with van der Waals surface area (Å²) in [5.74, 6) is -0.496. The van der Waals surface area contributed by atoms with Crippen LogP contribution in [-0.2, 0) is 9.53 Å². The number of ether oxygens (including phenoxy) is 1. The van der Waals surface area contributed by atoms with Crippen LogP contribution < -0.4 is 0 Å². The molecule has 1 fully saturated rings. The summed E-state index contributed by atoms with van der Waals surface area (Å²) < 4.78 is 5.82. The van der Waals surface area contributed by atoms with Gasteiger partial charge in [0, 0.05) is 43.3 Å². The maximum atomic E-state index is 12.9. The van der Waals surface area contributed by atoms with Gasteiger partial charge in [-0.15, -0.1) is 0 Å². The van der Waals surface area contributed by atoms with Gasteiger partial charge in [0.1, 0.15) is 0 Å². The van der Waals surface area contributed by atoms with E-state index >= 15 is 0 Å². The summed E-state index contributed by atoms with van der Waals surface area (Å²) in [7, 11) is 0. The molecule has 5 rings (SSSR count). The second-order valence-electron chi connectivity index (χ2n) is 10.0. The van der Waals surface area contributed by atoms with E-state index in [2.05, 4.69) is 49.1 Å². The number of fused-ring (bicyclic) bond motifs is 2. The van der Waals surface area contributed by atoms with Crippen LogP contribution in [0, 0.1) is 17.8 Å². The highest BCUT2D eigenvalue weighted by molar-refractivity contribution is 5.99. The zero-order valence-electron chi connectivity index (χ0n) is 19.5. The van der Waals surface area contributed by atoms with Gasteiger partial charge in [-0.3, -0.25) is 4.79 Å². The smallest absolute Gasteiger partial charge is 0.163 e. The van der Waals surface area contributed by atoms with E-state index in [-0.39, 0.29) is 17.6 Å². The molecule has 0 aromatic rings. The van der Waals surface area contributed by atoms with Crippen molar-refractivity contribution < 1.29 is 19.7 Å². The van der Waals surface area contributed by atoms with Crippen molar-refractivity contribution in [3.05, 3.63) is 107 Å². The van der Waals surface area contributed by atoms with Crippen LogP contribution in [0.2, 0.25) is 0 Å². The summed E-state index contributed by atoms with van der Waals surface area (Å²) >= 11 is 0. The lowest BCUT2D eigenvalue weighted by atomic mass is 9.77. The van der Waals surface area contributed by atoms with E-state index in [9.17, 15) is 15.0 Å². The van der Waals surface area contributed by atoms with Crippen LogP contribution in [0.3, 0.4) is 0 Å². The maximum Gasteiger partial charge on any atom is 0.163 e. The molecular formula is C30H32O4. The molecule has 5 aliphatic rings. The van der Waals surface area contributed by atoms with Crippen molar-refractivity contribution in [2.45, 2.75) is 37.9 Å². The average molecular weight is 457 g/mol. The molecule has 2 atom stereocenters. The molecule has 0 aromatic carbocycles. The van der Waals surface area contributed by atoms with Crippen molar-refractivity contribution in [2.75, 3.05) is 13.2 Å². The lowest BCUT2D eigenvalue weighted by Crippen LogP contribution is -2.43. The molecule has 4 heteroatoms. The third kappa shape index (κ3) is 5.15. The molecule has 0 aromatic heterocycles. The molecule has 34 heavy (non-hydrogen) atoms. The van der Waals surface area contributed by atoms with Crippen LogP contribution >= 0.6 is 0 Å². The van der Waals surface area contributed by atoms with E-state index in [0.29, 0.717) is 38.4 Å². The van der Waals surface area contributed by atoms with Crippen LogP contribution in [-0.4, -0.2) is 35.0 Å². The van der Waals surface area contributed by atoms with Gasteiger partial charge in [0.05, 0.1) is 6.61 Å². The van der Waals surface area contributed by atoms with Crippen molar-refractivity contribution in [3.63, 3.8) is 0 Å². The lowest BCUT2D eigenvalue weighted by Gasteiger charge is -2.39. The number of carbonyl (C=O) groups is 1. The van der Waals surface area contributed by atoms with Crippen LogP contribution in [0.25, 0.3) is 0 Å². The van der Waals surface area contributed by atoms with Gasteiger partial charge in [0.15, 0.2) is 11.6 Å². The lowest BCUT2D eigenvalue weighted by molar-refractivity contribution is -0.237. The van der Waals surface area contributed by atoms with Crippen molar-refractivity contribution in [1.29, 1.82) is 0 Å². The van der Waals surface area contributed by atoms with E-state index in [0.717, 1.165) is 35.1 Å². The standard InChI is InChI=1S/C30H32O4/c1-20-12-27(16-25-4-2-3-5-28(20)25)29(31)9-7-21-13-24-8-6-22(15-26(24)14-21)19-34-11-10-23-17-30(32,33)18-23/h2-6,8,12-16,23,26,28,32-33H,1,7,9-11,17-19H2. The fourth-order valence-electron chi connectivity index (χ4n) is 5.35. The number of Topliss-reactive ketones (excluding diaryl/α,β-unsaturated/α-hetero) is 1. The molecule has 0 amide bonds. The van der Waals surface area contributed by atoms with E-state index in [1.165, 1.54) is 11.1 Å². The largest absolute Gasteiger partial charge is 0.377 e. The normalized spacial score (nSPS) is 26.6. The first-order valence-corrected chi connectivity index (χ1v) is 12.2. The molecule has 4 nitrogen and oxygen atoms in total. The number of carbonyl (C=O) groups excluding carboxylic acids is 1. The minimum atomic E-state index is -1.45. The molecule has 0 spiro atoms. The van der Waals surface area contributed by atoms with Gasteiger partial charge in [-0.05, 0) is 53.2 Å². The topological polar surface area (TPSA) is 66.8 Å². The quantitative estimate of drug-likeness (QED) is 0.379. The van der Waals surface area contributed by atoms with Crippen molar-refractivity contribution in [3.8, 4) is 0 Å². The van der Waals surface area contributed by atoms with E-state index < -0.39 is 5.79 Å². The highest BCUT2D eigenvalue weighted by Crippen LogP contribution is 2.38. The molecule has 2 unspecified atom stereocenters. The van der Waals surface area contributed by atoms with Crippen LogP contribution in [0.5, 0.6) is 0 Å². The van der Waals surface area contributed by atoms with E-state index in [1.807, 2.05) is 24.3 Å². The molecule has 0 aliphatic heterocycles. The summed E-state index contributed by atoms with van der Waals surface area (Å²) in [4.78, 5) is 12.9. The Balaban J connectivity index is 1.10. The minimum absolute atomic E-state index is 0.162. The second kappa shape index (κ2) is 9.46. The Hall–Kier alpha value is -2.79. The number of hydrogen-bond acceptors (Lipinski definition) is 4. The maximum absolute atomic E-state index is 12.9. The van der Waals surface area contributed by atoms with Gasteiger partial charge < -0.3 is 14.9 Å². The molecule has 176 valence electrons. The van der Waals surface area contributed by atoms with Gasteiger partial charge >= 0.3 is 0 Å². The molecule has 5 aliphatic carbocycles. The summed E-state index contributed by atoms with van der Waals surface area (Å²) in [5.41, 5.74) is 6.49. The van der Waals surface area contributed by atoms with Crippen LogP contribution in [0.1, 0.15) is 32.1 Å². The van der Waals surface area contributed by atoms with Gasteiger partial charge in [0.25, 0.3) is 0 Å². The molecule has 0 saturated heterocycles. The predicted octanol–water partition coefficient (Wildman–Crippen LogP) is 4.98. The van der Waals surface area contributed by atoms with Gasteiger partial charge in [-0.2, -0.15) is 0 Å². The van der Waals surface area contributed by atoms with Gasteiger partial charge in [-0.25, -0.2) is 0 Å². The highest BCUT2D eigenvalue weighted by Gasteiger charge is 2.40. The molecule has 0 radical (unpaired) electrons. The third-order valence-electron chi connectivity index (χ3n) is 7.27. The fraction of sp³-hybridized carbons (Fsp3) is 0.367. The van der Waals surface area contributed by atoms with Crippen LogP contribution in [0.4, 0.5) is 0 Å². The van der Waals surface area contributed by atoms with E-state index in [1.54, 1.807) is 0 Å². The first kappa shape index (κ1) is 23.0. The zero-order chi connectivity index (χ0) is 23.7. The summed E-state index contributed by atoms with van der Waals surface area (Å²) in [5, 5.41) is 18.8. The zero-order valence-corrected chi connectivity index (χ0v) is 19.5. The Morgan fingerprint density at radius 3 is 2.68 bits per heavy atom. The van der Waals surface area contributed by atoms with Crippen molar-refractivity contribution in [2.24, 2.45) is 17.8 Å². The molecule has 2 N–H and O–H groups in total. The average Bonchev–Trinajstić information content (AvgIpc) is 3.21. The highest BCUT2D eigenvalue weighted by atomic mass is 16.5. The SMILES string of the molecule is C=C1C=C(C(=O)CCC2=CC3C=C(COCCC4CC(O)(O)C4)C=CC3=C2)C=C2C=CC=CC12. The van der Waals surface area contributed by atoms with Crippen molar-refractivity contribution in [1.82, 2.24) is 0 Å². The predicted molar refractivity (Wildman–Crippen MR) is 134 cm³/mol. The molecule has 0 heterocycles. The first-order chi connectivity index (χ1) is 16.4. The van der Waals surface area contributed by atoms with Gasteiger partial charge in [0.2, 0.25) is 0 Å². The number of aliphatic hydroxyl groups is 2. The Morgan fingerprint density at radius 2 is 1.85 bits per heavy atom. The third-order valence-corrected chi connectivity index (χ3v) is 7.27. The second-order valence-corrected chi connectivity index (χ2v) is 10.0. The molecule has 0 bridgehead atoms. The molecular weight excluding hydrogens is 424 g/mol. The number of allylic oxidation sites excluding steroid dienone is 15. The summed E-state index contributed by atoms with van der Waals surface area (Å²) in [6, 6.07) is 0. The summed E-state index contributed by atoms with van der Waals surface area (Å²) in [6.45, 7) is 5.35. The van der Waals surface area contributed by atoms with Crippen LogP contribution in [0.15, 0.2) is 107 Å². The number of hydrogen-bond donors (Lipinski definition) is 2. The Kier molecular flexibility index (Phi) is 6.39.